The molecule has 6 nitrogen and oxygen atoms in total. The molecular formula is C24H27N3O3. The van der Waals surface area contributed by atoms with Gasteiger partial charge in [0.25, 0.3) is 5.91 Å². The second-order valence-corrected chi connectivity index (χ2v) is 7.79. The third-order valence-electron chi connectivity index (χ3n) is 5.71. The van der Waals surface area contributed by atoms with Gasteiger partial charge >= 0.3 is 0 Å². The number of hydrogen-bond acceptors (Lipinski definition) is 3. The highest BCUT2D eigenvalue weighted by atomic mass is 16.3. The fourth-order valence-corrected chi connectivity index (χ4v) is 4.14. The van der Waals surface area contributed by atoms with Crippen LogP contribution in [0.5, 0.6) is 0 Å². The minimum absolute atomic E-state index is 0.0209. The maximum absolute atomic E-state index is 13.3. The minimum atomic E-state index is -0.0292. The summed E-state index contributed by atoms with van der Waals surface area (Å²) in [5, 5.41) is 0.923. The molecule has 156 valence electrons. The number of carbonyl (C=O) groups excluding carboxylic acids is 2. The molecule has 0 bridgehead atoms. The number of carbonyl (C=O) groups is 2. The van der Waals surface area contributed by atoms with E-state index in [9.17, 15) is 9.59 Å². The summed E-state index contributed by atoms with van der Waals surface area (Å²) in [7, 11) is 0. The summed E-state index contributed by atoms with van der Waals surface area (Å²) in [6, 6.07) is 13.5. The zero-order chi connectivity index (χ0) is 21.1. The molecule has 0 saturated carbocycles. The van der Waals surface area contributed by atoms with Gasteiger partial charge in [0, 0.05) is 37.6 Å². The normalized spacial score (nSPS) is 16.8. The highest BCUT2D eigenvalue weighted by molar-refractivity contribution is 5.98. The first-order valence-corrected chi connectivity index (χ1v) is 10.4. The Morgan fingerprint density at radius 3 is 2.73 bits per heavy atom. The Morgan fingerprint density at radius 2 is 2.00 bits per heavy atom. The quantitative estimate of drug-likeness (QED) is 0.587. The number of fused-ring (bicyclic) bond motifs is 1. The molecule has 0 spiro atoms. The summed E-state index contributed by atoms with van der Waals surface area (Å²) in [6.45, 7) is 8.02. The van der Waals surface area contributed by atoms with Crippen molar-refractivity contribution in [3.63, 3.8) is 0 Å². The summed E-state index contributed by atoms with van der Waals surface area (Å²) in [6.07, 6.45) is 4.62. The van der Waals surface area contributed by atoms with Gasteiger partial charge in [-0.2, -0.15) is 0 Å². The van der Waals surface area contributed by atoms with Crippen molar-refractivity contribution >= 4 is 22.9 Å². The lowest BCUT2D eigenvalue weighted by molar-refractivity contribution is -0.134. The standard InChI is InChI=1S/C24H27N3O3/c1-3-4-11-27-21(16-20-10-14-30-24(20)27)23(29)25-12-13-26(18(2)17-25)22(28)15-19-8-6-5-7-9-19/h3,5-10,14,16,18H,1,4,11-13,15,17H2,2H3. The van der Waals surface area contributed by atoms with Crippen LogP contribution < -0.4 is 0 Å². The molecule has 0 aliphatic carbocycles. The Labute approximate surface area is 176 Å². The van der Waals surface area contributed by atoms with Crippen LogP contribution in [0.3, 0.4) is 0 Å². The van der Waals surface area contributed by atoms with Crippen LogP contribution in [0.15, 0.2) is 65.8 Å². The zero-order valence-corrected chi connectivity index (χ0v) is 17.3. The van der Waals surface area contributed by atoms with Crippen LogP contribution in [0.4, 0.5) is 0 Å². The van der Waals surface area contributed by atoms with E-state index in [0.717, 1.165) is 17.4 Å². The van der Waals surface area contributed by atoms with Crippen molar-refractivity contribution in [2.45, 2.75) is 32.4 Å². The lowest BCUT2D eigenvalue weighted by Crippen LogP contribution is -2.56. The fraction of sp³-hybridized carbons (Fsp3) is 0.333. The fourth-order valence-electron chi connectivity index (χ4n) is 4.14. The molecule has 2 amide bonds. The summed E-state index contributed by atoms with van der Waals surface area (Å²) >= 11 is 0. The van der Waals surface area contributed by atoms with Gasteiger partial charge in [-0.3, -0.25) is 9.59 Å². The number of piperazine rings is 1. The second-order valence-electron chi connectivity index (χ2n) is 7.79. The number of benzene rings is 1. The predicted octanol–water partition coefficient (Wildman–Crippen LogP) is 3.73. The lowest BCUT2D eigenvalue weighted by Gasteiger charge is -2.40. The van der Waals surface area contributed by atoms with E-state index in [4.69, 9.17) is 4.42 Å². The first kappa shape index (κ1) is 20.0. The van der Waals surface area contributed by atoms with Crippen molar-refractivity contribution < 1.29 is 14.0 Å². The first-order chi connectivity index (χ1) is 14.6. The Morgan fingerprint density at radius 1 is 1.20 bits per heavy atom. The van der Waals surface area contributed by atoms with Gasteiger partial charge in [0.2, 0.25) is 11.6 Å². The lowest BCUT2D eigenvalue weighted by atomic mass is 10.1. The van der Waals surface area contributed by atoms with Gasteiger partial charge in [-0.1, -0.05) is 36.4 Å². The molecule has 2 aromatic heterocycles. The number of amides is 2. The summed E-state index contributed by atoms with van der Waals surface area (Å²) in [5.41, 5.74) is 2.35. The monoisotopic (exact) mass is 405 g/mol. The Hall–Kier alpha value is -3.28. The van der Waals surface area contributed by atoms with Crippen LogP contribution in [0.1, 0.15) is 29.4 Å². The van der Waals surface area contributed by atoms with Crippen LogP contribution in [-0.4, -0.2) is 51.9 Å². The highest BCUT2D eigenvalue weighted by Crippen LogP contribution is 2.24. The SMILES string of the molecule is C=CCCn1c(C(=O)N2CCN(C(=O)Cc3ccccc3)C(C)C2)cc2ccoc21. The van der Waals surface area contributed by atoms with Crippen LogP contribution in [0.25, 0.3) is 11.1 Å². The van der Waals surface area contributed by atoms with E-state index in [0.29, 0.717) is 44.0 Å². The van der Waals surface area contributed by atoms with Crippen molar-refractivity contribution in [3.8, 4) is 0 Å². The molecule has 1 unspecified atom stereocenters. The molecule has 4 rings (SSSR count). The average molecular weight is 405 g/mol. The van der Waals surface area contributed by atoms with E-state index < -0.39 is 0 Å². The maximum Gasteiger partial charge on any atom is 0.270 e. The van der Waals surface area contributed by atoms with E-state index in [1.807, 2.05) is 69.8 Å². The van der Waals surface area contributed by atoms with Gasteiger partial charge in [0.15, 0.2) is 0 Å². The van der Waals surface area contributed by atoms with Gasteiger partial charge in [0.1, 0.15) is 5.69 Å². The third-order valence-corrected chi connectivity index (χ3v) is 5.71. The summed E-state index contributed by atoms with van der Waals surface area (Å²) in [5.74, 6) is 0.0835. The van der Waals surface area contributed by atoms with E-state index >= 15 is 0 Å². The average Bonchev–Trinajstić information content (AvgIpc) is 3.34. The van der Waals surface area contributed by atoms with Gasteiger partial charge in [0.05, 0.1) is 12.7 Å². The number of aryl methyl sites for hydroxylation is 1. The molecule has 1 aliphatic rings. The number of furan rings is 1. The van der Waals surface area contributed by atoms with E-state index in [1.54, 1.807) is 6.26 Å². The highest BCUT2D eigenvalue weighted by Gasteiger charge is 2.31. The molecule has 1 fully saturated rings. The van der Waals surface area contributed by atoms with Crippen molar-refractivity contribution in [1.29, 1.82) is 0 Å². The molecular weight excluding hydrogens is 378 g/mol. The molecule has 3 aromatic rings. The minimum Gasteiger partial charge on any atom is -0.448 e. The third kappa shape index (κ3) is 3.90. The van der Waals surface area contributed by atoms with Gasteiger partial charge in [-0.15, -0.1) is 6.58 Å². The topological polar surface area (TPSA) is 58.7 Å². The van der Waals surface area contributed by atoms with Gasteiger partial charge in [-0.25, -0.2) is 0 Å². The Kier molecular flexibility index (Phi) is 5.74. The molecule has 30 heavy (non-hydrogen) atoms. The van der Waals surface area contributed by atoms with Gasteiger partial charge < -0.3 is 18.8 Å². The Balaban J connectivity index is 1.46. The number of nitrogens with zero attached hydrogens (tertiary/aromatic N) is 3. The molecule has 0 N–H and O–H groups in total. The van der Waals surface area contributed by atoms with Crippen molar-refractivity contribution in [3.05, 3.63) is 72.6 Å². The zero-order valence-electron chi connectivity index (χ0n) is 17.3. The summed E-state index contributed by atoms with van der Waals surface area (Å²) in [4.78, 5) is 29.8. The molecule has 1 aromatic carbocycles. The number of rotatable bonds is 6. The molecule has 1 aliphatic heterocycles. The van der Waals surface area contributed by atoms with Crippen LogP contribution >= 0.6 is 0 Å². The molecule has 3 heterocycles. The van der Waals surface area contributed by atoms with Gasteiger partial charge in [-0.05, 0) is 31.0 Å². The van der Waals surface area contributed by atoms with Crippen molar-refractivity contribution in [2.75, 3.05) is 19.6 Å². The predicted molar refractivity (Wildman–Crippen MR) is 116 cm³/mol. The second kappa shape index (κ2) is 8.61. The maximum atomic E-state index is 13.3. The molecule has 1 atom stereocenters. The van der Waals surface area contributed by atoms with Crippen molar-refractivity contribution in [1.82, 2.24) is 14.4 Å². The smallest absolute Gasteiger partial charge is 0.270 e. The van der Waals surface area contributed by atoms with E-state index in [1.165, 1.54) is 0 Å². The van der Waals surface area contributed by atoms with Crippen molar-refractivity contribution in [2.24, 2.45) is 0 Å². The number of aromatic nitrogens is 1. The Bertz CT molecular complexity index is 1050. The van der Waals surface area contributed by atoms with Crippen LogP contribution in [-0.2, 0) is 17.8 Å². The molecule has 1 saturated heterocycles. The van der Waals surface area contributed by atoms with Crippen LogP contribution in [0, 0.1) is 0 Å². The first-order valence-electron chi connectivity index (χ1n) is 10.4. The van der Waals surface area contributed by atoms with E-state index in [2.05, 4.69) is 6.58 Å². The number of allylic oxidation sites excluding steroid dienone is 1. The summed E-state index contributed by atoms with van der Waals surface area (Å²) < 4.78 is 7.52. The molecule has 0 radical (unpaired) electrons. The number of hydrogen-bond donors (Lipinski definition) is 0. The molecule has 6 heteroatoms. The van der Waals surface area contributed by atoms with Crippen LogP contribution in [0.2, 0.25) is 0 Å². The van der Waals surface area contributed by atoms with E-state index in [-0.39, 0.29) is 17.9 Å². The largest absolute Gasteiger partial charge is 0.448 e.